The fourth-order valence-electron chi connectivity index (χ4n) is 2.71. The molecule has 124 valence electrons. The molecule has 0 saturated carbocycles. The Morgan fingerprint density at radius 1 is 1.17 bits per heavy atom. The van der Waals surface area contributed by atoms with Crippen LogP contribution in [0.25, 0.3) is 11.0 Å². The molecule has 3 aromatic rings. The first-order valence-corrected chi connectivity index (χ1v) is 8.30. The van der Waals surface area contributed by atoms with Crippen LogP contribution in [0.5, 0.6) is 0 Å². The molecule has 6 heteroatoms. The fourth-order valence-corrected chi connectivity index (χ4v) is 3.03. The number of aromatic nitrogens is 2. The predicted octanol–water partition coefficient (Wildman–Crippen LogP) is 5.21. The fraction of sp³-hybridized carbons (Fsp3) is 0.222. The van der Waals surface area contributed by atoms with Gasteiger partial charge in [0.2, 0.25) is 0 Å². The van der Waals surface area contributed by atoms with Crippen molar-refractivity contribution in [3.63, 3.8) is 0 Å². The number of carbonyl (C=O) groups is 1. The monoisotopic (exact) mass is 362 g/mol. The maximum atomic E-state index is 11.2. The number of rotatable bonds is 4. The van der Waals surface area contributed by atoms with Crippen molar-refractivity contribution in [3.8, 4) is 0 Å². The van der Waals surface area contributed by atoms with Gasteiger partial charge in [-0.25, -0.2) is 9.78 Å². The van der Waals surface area contributed by atoms with E-state index in [1.54, 1.807) is 24.3 Å². The van der Waals surface area contributed by atoms with E-state index in [0.29, 0.717) is 22.1 Å². The van der Waals surface area contributed by atoms with Crippen LogP contribution < -0.4 is 0 Å². The summed E-state index contributed by atoms with van der Waals surface area (Å²) in [4.78, 5) is 15.8. The summed E-state index contributed by atoms with van der Waals surface area (Å²) < 4.78 is 2.09. The average molecular weight is 363 g/mol. The summed E-state index contributed by atoms with van der Waals surface area (Å²) in [5, 5.41) is 10.2. The Morgan fingerprint density at radius 3 is 2.54 bits per heavy atom. The van der Waals surface area contributed by atoms with E-state index in [-0.39, 0.29) is 11.5 Å². The molecule has 1 N–H and O–H groups in total. The zero-order valence-electron chi connectivity index (χ0n) is 13.3. The molecule has 0 aliphatic carbocycles. The van der Waals surface area contributed by atoms with Crippen LogP contribution in [0.2, 0.25) is 10.0 Å². The van der Waals surface area contributed by atoms with Gasteiger partial charge in [0.05, 0.1) is 26.6 Å². The maximum absolute atomic E-state index is 11.2. The SMILES string of the molecule is CC(C)c1nc2cc(C(=O)O)ccc2n1Cc1ccc(Cl)c(Cl)c1. The van der Waals surface area contributed by atoms with Crippen LogP contribution in [0.4, 0.5) is 0 Å². The van der Waals surface area contributed by atoms with Crippen molar-refractivity contribution in [3.05, 3.63) is 63.4 Å². The summed E-state index contributed by atoms with van der Waals surface area (Å²) >= 11 is 12.1. The summed E-state index contributed by atoms with van der Waals surface area (Å²) in [5.74, 6) is 0.147. The lowest BCUT2D eigenvalue weighted by atomic mass is 10.1. The molecule has 3 rings (SSSR count). The van der Waals surface area contributed by atoms with Crippen molar-refractivity contribution >= 4 is 40.2 Å². The standard InChI is InChI=1S/C18H16Cl2N2O2/c1-10(2)17-21-15-8-12(18(23)24)4-6-16(15)22(17)9-11-3-5-13(19)14(20)7-11/h3-8,10H,9H2,1-2H3,(H,23,24). The van der Waals surface area contributed by atoms with Crippen LogP contribution in [-0.2, 0) is 6.54 Å². The largest absolute Gasteiger partial charge is 0.478 e. The van der Waals surface area contributed by atoms with Crippen LogP contribution in [0.3, 0.4) is 0 Å². The van der Waals surface area contributed by atoms with Gasteiger partial charge in [0.15, 0.2) is 0 Å². The number of carboxylic acids is 1. The highest BCUT2D eigenvalue weighted by molar-refractivity contribution is 6.42. The van der Waals surface area contributed by atoms with Crippen molar-refractivity contribution in [2.45, 2.75) is 26.3 Å². The summed E-state index contributed by atoms with van der Waals surface area (Å²) in [6, 6.07) is 10.5. The second kappa shape index (κ2) is 6.46. The number of hydrogen-bond donors (Lipinski definition) is 1. The highest BCUT2D eigenvalue weighted by atomic mass is 35.5. The van der Waals surface area contributed by atoms with Gasteiger partial charge >= 0.3 is 5.97 Å². The van der Waals surface area contributed by atoms with E-state index < -0.39 is 5.97 Å². The molecule has 0 amide bonds. The quantitative estimate of drug-likeness (QED) is 0.692. The molecule has 0 saturated heterocycles. The Bertz CT molecular complexity index is 932. The third-order valence-corrected chi connectivity index (χ3v) is 4.60. The van der Waals surface area contributed by atoms with Gasteiger partial charge in [0.1, 0.15) is 5.82 Å². The van der Waals surface area contributed by atoms with Crippen LogP contribution >= 0.6 is 23.2 Å². The Balaban J connectivity index is 2.12. The lowest BCUT2D eigenvalue weighted by molar-refractivity contribution is 0.0697. The smallest absolute Gasteiger partial charge is 0.335 e. The van der Waals surface area contributed by atoms with Gasteiger partial charge in [-0.15, -0.1) is 0 Å². The second-order valence-corrected chi connectivity index (χ2v) is 6.78. The van der Waals surface area contributed by atoms with E-state index in [1.807, 2.05) is 12.1 Å². The van der Waals surface area contributed by atoms with E-state index in [1.165, 1.54) is 0 Å². The van der Waals surface area contributed by atoms with E-state index in [4.69, 9.17) is 28.3 Å². The summed E-state index contributed by atoms with van der Waals surface area (Å²) in [6.07, 6.45) is 0. The number of hydrogen-bond acceptors (Lipinski definition) is 2. The summed E-state index contributed by atoms with van der Waals surface area (Å²) in [7, 11) is 0. The van der Waals surface area contributed by atoms with Crippen molar-refractivity contribution in [2.24, 2.45) is 0 Å². The van der Waals surface area contributed by atoms with Crippen LogP contribution in [0.1, 0.15) is 41.5 Å². The molecule has 2 aromatic carbocycles. The summed E-state index contributed by atoms with van der Waals surface area (Å²) in [5.41, 5.74) is 2.82. The maximum Gasteiger partial charge on any atom is 0.335 e. The molecule has 1 aromatic heterocycles. The van der Waals surface area contributed by atoms with Crippen LogP contribution in [-0.4, -0.2) is 20.6 Å². The number of carboxylic acid groups (broad SMARTS) is 1. The molecule has 0 fully saturated rings. The van der Waals surface area contributed by atoms with Gasteiger partial charge in [0.25, 0.3) is 0 Å². The Morgan fingerprint density at radius 2 is 1.92 bits per heavy atom. The molecule has 0 aliphatic rings. The molecule has 1 heterocycles. The molecule has 0 radical (unpaired) electrons. The molecule has 0 unspecified atom stereocenters. The first-order chi connectivity index (χ1) is 11.4. The molecular formula is C18H16Cl2N2O2. The normalized spacial score (nSPS) is 11.4. The van der Waals surface area contributed by atoms with Crippen molar-refractivity contribution in [2.75, 3.05) is 0 Å². The molecule has 0 spiro atoms. The molecular weight excluding hydrogens is 347 g/mol. The van der Waals surface area contributed by atoms with Gasteiger partial charge < -0.3 is 9.67 Å². The van der Waals surface area contributed by atoms with Gasteiger partial charge in [-0.2, -0.15) is 0 Å². The number of benzene rings is 2. The van der Waals surface area contributed by atoms with Crippen molar-refractivity contribution < 1.29 is 9.90 Å². The zero-order chi connectivity index (χ0) is 17.4. The average Bonchev–Trinajstić information content (AvgIpc) is 2.89. The van der Waals surface area contributed by atoms with Crippen molar-refractivity contribution in [1.29, 1.82) is 0 Å². The first kappa shape index (κ1) is 16.8. The lowest BCUT2D eigenvalue weighted by Crippen LogP contribution is -2.06. The molecule has 4 nitrogen and oxygen atoms in total. The summed E-state index contributed by atoms with van der Waals surface area (Å²) in [6.45, 7) is 4.71. The number of nitrogens with zero attached hydrogens (tertiary/aromatic N) is 2. The predicted molar refractivity (Wildman–Crippen MR) is 96.3 cm³/mol. The molecule has 24 heavy (non-hydrogen) atoms. The minimum atomic E-state index is -0.956. The van der Waals surface area contributed by atoms with E-state index >= 15 is 0 Å². The number of fused-ring (bicyclic) bond motifs is 1. The second-order valence-electron chi connectivity index (χ2n) is 5.97. The highest BCUT2D eigenvalue weighted by Gasteiger charge is 2.16. The third-order valence-electron chi connectivity index (χ3n) is 3.87. The van der Waals surface area contributed by atoms with Crippen LogP contribution in [0.15, 0.2) is 36.4 Å². The molecule has 0 atom stereocenters. The Hall–Kier alpha value is -2.04. The number of imidazole rings is 1. The van der Waals surface area contributed by atoms with E-state index in [9.17, 15) is 4.79 Å². The Labute approximate surface area is 149 Å². The van der Waals surface area contributed by atoms with Gasteiger partial charge in [-0.1, -0.05) is 43.1 Å². The lowest BCUT2D eigenvalue weighted by Gasteiger charge is -2.12. The van der Waals surface area contributed by atoms with Gasteiger partial charge in [-0.05, 0) is 35.9 Å². The first-order valence-electron chi connectivity index (χ1n) is 7.54. The number of aromatic carboxylic acids is 1. The van der Waals surface area contributed by atoms with E-state index in [0.717, 1.165) is 16.9 Å². The topological polar surface area (TPSA) is 55.1 Å². The van der Waals surface area contributed by atoms with Crippen LogP contribution in [0, 0.1) is 0 Å². The highest BCUT2D eigenvalue weighted by Crippen LogP contribution is 2.27. The third kappa shape index (κ3) is 3.12. The Kier molecular flexibility index (Phi) is 4.52. The number of halogens is 2. The molecule has 0 aliphatic heterocycles. The van der Waals surface area contributed by atoms with Gasteiger partial charge in [-0.3, -0.25) is 0 Å². The zero-order valence-corrected chi connectivity index (χ0v) is 14.8. The molecule has 0 bridgehead atoms. The minimum absolute atomic E-state index is 0.202. The van der Waals surface area contributed by atoms with E-state index in [2.05, 4.69) is 23.4 Å². The van der Waals surface area contributed by atoms with Gasteiger partial charge in [0, 0.05) is 12.5 Å². The van der Waals surface area contributed by atoms with Crippen molar-refractivity contribution in [1.82, 2.24) is 9.55 Å². The minimum Gasteiger partial charge on any atom is -0.478 e.